The summed E-state index contributed by atoms with van der Waals surface area (Å²) < 4.78 is 0. The molecule has 0 atom stereocenters. The first-order valence-corrected chi connectivity index (χ1v) is 7.87. The minimum Gasteiger partial charge on any atom is -0.241 e. The average Bonchev–Trinajstić information content (AvgIpc) is 2.43. The summed E-state index contributed by atoms with van der Waals surface area (Å²) in [6.07, 6.45) is 12.8. The van der Waals surface area contributed by atoms with Gasteiger partial charge in [-0.1, -0.05) is 44.2 Å². The van der Waals surface area contributed by atoms with E-state index >= 15 is 0 Å². The van der Waals surface area contributed by atoms with Gasteiger partial charge in [-0.2, -0.15) is 0 Å². The van der Waals surface area contributed by atoms with E-state index in [4.69, 9.17) is 0 Å². The smallest absolute Gasteiger partial charge is 0.125 e. The lowest BCUT2D eigenvalue weighted by Gasteiger charge is -2.30. The molecule has 2 rings (SSSR count). The van der Waals surface area contributed by atoms with Gasteiger partial charge in [-0.15, -0.1) is 0 Å². The summed E-state index contributed by atoms with van der Waals surface area (Å²) in [5.41, 5.74) is 6.14. The highest BCUT2D eigenvalue weighted by atomic mass is 14.8. The van der Waals surface area contributed by atoms with Crippen molar-refractivity contribution in [3.63, 3.8) is 0 Å². The molecule has 0 amide bonds. The molecule has 22 heavy (non-hydrogen) atoms. The van der Waals surface area contributed by atoms with Crippen molar-refractivity contribution in [3.05, 3.63) is 65.3 Å². The Morgan fingerprint density at radius 3 is 2.27 bits per heavy atom. The summed E-state index contributed by atoms with van der Waals surface area (Å²) >= 11 is 0. The first kappa shape index (κ1) is 16.4. The Morgan fingerprint density at radius 1 is 1.09 bits per heavy atom. The van der Waals surface area contributed by atoms with Crippen LogP contribution < -0.4 is 0 Å². The maximum Gasteiger partial charge on any atom is 0.125 e. The van der Waals surface area contributed by atoms with E-state index in [1.54, 1.807) is 0 Å². The quantitative estimate of drug-likeness (QED) is 0.694. The van der Waals surface area contributed by atoms with Crippen LogP contribution in [-0.2, 0) is 0 Å². The molecule has 0 N–H and O–H groups in total. The summed E-state index contributed by atoms with van der Waals surface area (Å²) in [7, 11) is 0. The van der Waals surface area contributed by atoms with Crippen molar-refractivity contribution in [3.8, 4) is 0 Å². The molecule has 0 aromatic carbocycles. The fourth-order valence-electron chi connectivity index (χ4n) is 2.72. The van der Waals surface area contributed by atoms with Crippen LogP contribution in [0.25, 0.3) is 5.57 Å². The summed E-state index contributed by atoms with van der Waals surface area (Å²) in [4.78, 5) is 8.64. The fourth-order valence-corrected chi connectivity index (χ4v) is 2.72. The number of aryl methyl sites for hydroxylation is 1. The van der Waals surface area contributed by atoms with Gasteiger partial charge in [-0.3, -0.25) is 0 Å². The number of rotatable bonds is 3. The highest BCUT2D eigenvalue weighted by Gasteiger charge is 2.25. The van der Waals surface area contributed by atoms with E-state index in [0.717, 1.165) is 24.2 Å². The molecule has 0 bridgehead atoms. The molecule has 1 aliphatic rings. The van der Waals surface area contributed by atoms with Gasteiger partial charge in [0.15, 0.2) is 0 Å². The second-order valence-electron chi connectivity index (χ2n) is 6.61. The summed E-state index contributed by atoms with van der Waals surface area (Å²) in [6, 6.07) is 0. The monoisotopic (exact) mass is 294 g/mol. The van der Waals surface area contributed by atoms with Crippen molar-refractivity contribution < 1.29 is 0 Å². The van der Waals surface area contributed by atoms with E-state index in [1.807, 2.05) is 19.3 Å². The topological polar surface area (TPSA) is 25.8 Å². The first-order valence-electron chi connectivity index (χ1n) is 7.87. The van der Waals surface area contributed by atoms with Gasteiger partial charge in [0.1, 0.15) is 5.82 Å². The van der Waals surface area contributed by atoms with Crippen LogP contribution in [-0.4, -0.2) is 9.97 Å². The maximum atomic E-state index is 4.32. The Labute approximate surface area is 134 Å². The fraction of sp³-hybridized carbons (Fsp3) is 0.400. The van der Waals surface area contributed by atoms with Gasteiger partial charge in [0.2, 0.25) is 0 Å². The van der Waals surface area contributed by atoms with Crippen LogP contribution in [0.5, 0.6) is 0 Å². The van der Waals surface area contributed by atoms with Crippen molar-refractivity contribution in [1.29, 1.82) is 0 Å². The second-order valence-corrected chi connectivity index (χ2v) is 6.61. The molecule has 2 heteroatoms. The number of nitrogens with zero attached hydrogens (tertiary/aromatic N) is 2. The number of hydrogen-bond acceptors (Lipinski definition) is 2. The third-order valence-corrected chi connectivity index (χ3v) is 4.53. The molecule has 0 aliphatic heterocycles. The van der Waals surface area contributed by atoms with Gasteiger partial charge in [0.25, 0.3) is 0 Å². The highest BCUT2D eigenvalue weighted by molar-refractivity contribution is 5.75. The number of allylic oxidation sites excluding steroid dienone is 7. The SMILES string of the molecule is C=C(C)C(C)(C)C1=CCC/C=C(c2cnc(C)nc2)\C=C/1C. The molecule has 0 radical (unpaired) electrons. The van der Waals surface area contributed by atoms with Crippen LogP contribution in [0.3, 0.4) is 0 Å². The molecular formula is C20H26N2. The van der Waals surface area contributed by atoms with Crippen molar-refractivity contribution in [1.82, 2.24) is 9.97 Å². The third kappa shape index (κ3) is 3.44. The Hall–Kier alpha value is -1.96. The lowest BCUT2D eigenvalue weighted by Crippen LogP contribution is -2.17. The summed E-state index contributed by atoms with van der Waals surface area (Å²) in [6.45, 7) is 14.9. The van der Waals surface area contributed by atoms with Crippen LogP contribution >= 0.6 is 0 Å². The zero-order valence-corrected chi connectivity index (χ0v) is 14.4. The van der Waals surface area contributed by atoms with E-state index in [9.17, 15) is 0 Å². The minimum absolute atomic E-state index is 0.00713. The Kier molecular flexibility index (Phi) is 4.80. The van der Waals surface area contributed by atoms with Crippen LogP contribution in [0.1, 0.15) is 51.9 Å². The van der Waals surface area contributed by atoms with Crippen LogP contribution in [0.15, 0.2) is 53.9 Å². The van der Waals surface area contributed by atoms with Crippen LogP contribution in [0, 0.1) is 12.3 Å². The zero-order valence-electron chi connectivity index (χ0n) is 14.4. The molecule has 1 heterocycles. The molecule has 0 saturated heterocycles. The van der Waals surface area contributed by atoms with E-state index in [2.05, 4.69) is 62.5 Å². The van der Waals surface area contributed by atoms with Crippen molar-refractivity contribution >= 4 is 5.57 Å². The van der Waals surface area contributed by atoms with E-state index in [-0.39, 0.29) is 5.41 Å². The normalized spacial score (nSPS) is 20.9. The number of aromatic nitrogens is 2. The summed E-state index contributed by atoms with van der Waals surface area (Å²) in [5.74, 6) is 0.805. The van der Waals surface area contributed by atoms with Gasteiger partial charge in [0, 0.05) is 23.4 Å². The van der Waals surface area contributed by atoms with Gasteiger partial charge < -0.3 is 0 Å². The largest absolute Gasteiger partial charge is 0.241 e. The molecule has 1 aromatic rings. The van der Waals surface area contributed by atoms with Crippen molar-refractivity contribution in [2.75, 3.05) is 0 Å². The highest BCUT2D eigenvalue weighted by Crippen LogP contribution is 2.39. The molecule has 0 unspecified atom stereocenters. The Balaban J connectivity index is 2.42. The van der Waals surface area contributed by atoms with Crippen LogP contribution in [0.2, 0.25) is 0 Å². The standard InChI is InChI=1S/C20H26N2/c1-14(2)20(5,6)19-10-8-7-9-17(11-15(19)3)18-12-21-16(4)22-13-18/h9-13H,1,7-8H2,2-6H3/b15-11-,17-9+,19-10?. The molecule has 2 nitrogen and oxygen atoms in total. The minimum atomic E-state index is -0.00713. The zero-order chi connectivity index (χ0) is 16.3. The van der Waals surface area contributed by atoms with Crippen LogP contribution in [0.4, 0.5) is 0 Å². The Bertz CT molecular complexity index is 655. The first-order chi connectivity index (χ1) is 10.3. The van der Waals surface area contributed by atoms with E-state index in [1.165, 1.54) is 22.3 Å². The molecule has 1 aliphatic carbocycles. The van der Waals surface area contributed by atoms with Crippen molar-refractivity contribution in [2.45, 2.75) is 47.5 Å². The third-order valence-electron chi connectivity index (χ3n) is 4.53. The molecule has 1 aromatic heterocycles. The van der Waals surface area contributed by atoms with Crippen molar-refractivity contribution in [2.24, 2.45) is 5.41 Å². The second kappa shape index (κ2) is 6.43. The van der Waals surface area contributed by atoms with E-state index < -0.39 is 0 Å². The van der Waals surface area contributed by atoms with Gasteiger partial charge in [-0.05, 0) is 50.3 Å². The average molecular weight is 294 g/mol. The van der Waals surface area contributed by atoms with Gasteiger partial charge in [0.05, 0.1) is 0 Å². The lowest BCUT2D eigenvalue weighted by molar-refractivity contribution is 0.544. The summed E-state index contributed by atoms with van der Waals surface area (Å²) in [5, 5.41) is 0. The molecular weight excluding hydrogens is 268 g/mol. The predicted octanol–water partition coefficient (Wildman–Crippen LogP) is 5.44. The van der Waals surface area contributed by atoms with Gasteiger partial charge >= 0.3 is 0 Å². The molecule has 0 fully saturated rings. The van der Waals surface area contributed by atoms with E-state index in [0.29, 0.717) is 0 Å². The maximum absolute atomic E-state index is 4.32. The number of hydrogen-bond donors (Lipinski definition) is 0. The predicted molar refractivity (Wildman–Crippen MR) is 94.4 cm³/mol. The molecule has 0 spiro atoms. The molecule has 0 saturated carbocycles. The van der Waals surface area contributed by atoms with Gasteiger partial charge in [-0.25, -0.2) is 9.97 Å². The molecule has 116 valence electrons. The lowest BCUT2D eigenvalue weighted by atomic mass is 9.74. The Morgan fingerprint density at radius 2 is 1.68 bits per heavy atom.